The molecule has 6 nitrogen and oxygen atoms in total. The van der Waals surface area contributed by atoms with Crippen molar-refractivity contribution in [2.24, 2.45) is 0 Å². The Morgan fingerprint density at radius 3 is 2.71 bits per heavy atom. The first-order valence-electron chi connectivity index (χ1n) is 8.20. The Balaban J connectivity index is 1.85. The zero-order chi connectivity index (χ0) is 19.9. The molecule has 3 rings (SSSR count). The summed E-state index contributed by atoms with van der Waals surface area (Å²) in [5, 5.41) is 17.4. The van der Waals surface area contributed by atoms with Gasteiger partial charge in [0.05, 0.1) is 0 Å². The van der Waals surface area contributed by atoms with Gasteiger partial charge in [-0.15, -0.1) is 5.10 Å². The standard InChI is InChI=1S/C20H16ClN3O3S/c1-2-11-27-16-6-4-3-5-14(16)12-17(19(25)26)28-20-22-18(23-24-20)13-7-9-15(21)10-8-13/h2-10,12H,1,11H2,(H,25,26)(H,22,23,24)/b17-12-. The highest BCUT2D eigenvalue weighted by Gasteiger charge is 2.15. The first kappa shape index (κ1) is 19.7. The molecule has 1 heterocycles. The Bertz CT molecular complexity index is 1020. The lowest BCUT2D eigenvalue weighted by molar-refractivity contribution is -0.131. The van der Waals surface area contributed by atoms with Gasteiger partial charge < -0.3 is 9.84 Å². The molecule has 2 N–H and O–H groups in total. The van der Waals surface area contributed by atoms with Crippen molar-refractivity contribution in [3.63, 3.8) is 0 Å². The van der Waals surface area contributed by atoms with Crippen LogP contribution in [0, 0.1) is 0 Å². The lowest BCUT2D eigenvalue weighted by Gasteiger charge is -2.07. The molecule has 0 aliphatic rings. The SMILES string of the molecule is C=CCOc1ccccc1/C=C(\Sc1n[nH]c(-c2ccc(Cl)cc2)n1)C(=O)O. The van der Waals surface area contributed by atoms with Crippen LogP contribution >= 0.6 is 23.4 Å². The number of benzene rings is 2. The van der Waals surface area contributed by atoms with E-state index in [9.17, 15) is 9.90 Å². The van der Waals surface area contributed by atoms with Crippen molar-refractivity contribution >= 4 is 35.4 Å². The van der Waals surface area contributed by atoms with Gasteiger partial charge in [0.2, 0.25) is 5.16 Å². The summed E-state index contributed by atoms with van der Waals surface area (Å²) in [7, 11) is 0. The molecule has 8 heteroatoms. The molecule has 0 radical (unpaired) electrons. The molecular formula is C20H16ClN3O3S. The van der Waals surface area contributed by atoms with Crippen molar-refractivity contribution in [3.8, 4) is 17.1 Å². The average Bonchev–Trinajstić information content (AvgIpc) is 3.16. The van der Waals surface area contributed by atoms with Crippen molar-refractivity contribution in [3.05, 3.63) is 76.7 Å². The number of aliphatic carboxylic acids is 1. The fourth-order valence-electron chi connectivity index (χ4n) is 2.28. The molecule has 0 bridgehead atoms. The minimum absolute atomic E-state index is 0.0660. The number of hydrogen-bond donors (Lipinski definition) is 2. The van der Waals surface area contributed by atoms with Crippen molar-refractivity contribution in [2.75, 3.05) is 6.61 Å². The van der Waals surface area contributed by atoms with E-state index in [-0.39, 0.29) is 4.91 Å². The molecule has 0 saturated heterocycles. The first-order chi connectivity index (χ1) is 13.6. The molecule has 0 aliphatic carbocycles. The summed E-state index contributed by atoms with van der Waals surface area (Å²) in [6.45, 7) is 3.94. The van der Waals surface area contributed by atoms with Gasteiger partial charge in [-0.1, -0.05) is 42.5 Å². The van der Waals surface area contributed by atoms with E-state index in [1.54, 1.807) is 42.5 Å². The fourth-order valence-corrected chi connectivity index (χ4v) is 3.11. The minimum atomic E-state index is -1.08. The Morgan fingerprint density at radius 2 is 2.00 bits per heavy atom. The van der Waals surface area contributed by atoms with Crippen molar-refractivity contribution in [1.29, 1.82) is 0 Å². The van der Waals surface area contributed by atoms with E-state index < -0.39 is 5.97 Å². The predicted octanol–water partition coefficient (Wildman–Crippen LogP) is 4.91. The topological polar surface area (TPSA) is 88.1 Å². The van der Waals surface area contributed by atoms with E-state index in [4.69, 9.17) is 16.3 Å². The highest BCUT2D eigenvalue weighted by Crippen LogP contribution is 2.30. The number of ether oxygens (including phenoxy) is 1. The summed E-state index contributed by atoms with van der Waals surface area (Å²) < 4.78 is 5.58. The number of nitrogens with one attached hydrogen (secondary N) is 1. The number of hydrogen-bond acceptors (Lipinski definition) is 5. The van der Waals surface area contributed by atoms with Crippen LogP contribution in [0.3, 0.4) is 0 Å². The lowest BCUT2D eigenvalue weighted by atomic mass is 10.2. The number of halogens is 1. The monoisotopic (exact) mass is 413 g/mol. The summed E-state index contributed by atoms with van der Waals surface area (Å²) in [6.07, 6.45) is 3.16. The Labute approximate surface area is 170 Å². The molecule has 28 heavy (non-hydrogen) atoms. The summed E-state index contributed by atoms with van der Waals surface area (Å²) >= 11 is 6.84. The van der Waals surface area contributed by atoms with Crippen LogP contribution in [0.1, 0.15) is 5.56 Å². The summed E-state index contributed by atoms with van der Waals surface area (Å²) in [4.78, 5) is 16.1. The smallest absolute Gasteiger partial charge is 0.342 e. The van der Waals surface area contributed by atoms with Crippen LogP contribution in [-0.2, 0) is 4.79 Å². The number of carboxylic acids is 1. The number of para-hydroxylation sites is 1. The van der Waals surface area contributed by atoms with E-state index in [1.165, 1.54) is 6.08 Å². The maximum Gasteiger partial charge on any atom is 0.342 e. The molecule has 0 unspecified atom stereocenters. The number of H-pyrrole nitrogens is 1. The minimum Gasteiger partial charge on any atom is -0.489 e. The quantitative estimate of drug-likeness (QED) is 0.310. The van der Waals surface area contributed by atoms with Crippen LogP contribution in [0.4, 0.5) is 0 Å². The van der Waals surface area contributed by atoms with Gasteiger partial charge >= 0.3 is 5.97 Å². The van der Waals surface area contributed by atoms with Crippen molar-refractivity contribution in [2.45, 2.75) is 5.16 Å². The van der Waals surface area contributed by atoms with Crippen LogP contribution < -0.4 is 4.74 Å². The number of thioether (sulfide) groups is 1. The maximum absolute atomic E-state index is 11.7. The second kappa shape index (κ2) is 9.25. The third kappa shape index (κ3) is 5.03. The number of carbonyl (C=O) groups is 1. The van der Waals surface area contributed by atoms with Crippen LogP contribution in [0.15, 0.2) is 71.2 Å². The van der Waals surface area contributed by atoms with E-state index >= 15 is 0 Å². The molecule has 0 amide bonds. The van der Waals surface area contributed by atoms with Gasteiger partial charge in [-0.2, -0.15) is 0 Å². The molecule has 3 aromatic rings. The van der Waals surface area contributed by atoms with Gasteiger partial charge in [0.1, 0.15) is 17.3 Å². The summed E-state index contributed by atoms with van der Waals surface area (Å²) in [5.41, 5.74) is 1.44. The summed E-state index contributed by atoms with van der Waals surface area (Å²) in [6, 6.07) is 14.3. The first-order valence-corrected chi connectivity index (χ1v) is 9.40. The van der Waals surface area contributed by atoms with Crippen LogP contribution in [0.5, 0.6) is 5.75 Å². The predicted molar refractivity (Wildman–Crippen MR) is 110 cm³/mol. The normalized spacial score (nSPS) is 11.2. The molecule has 142 valence electrons. The Kier molecular flexibility index (Phi) is 6.52. The van der Waals surface area contributed by atoms with Gasteiger partial charge in [0, 0.05) is 16.1 Å². The van der Waals surface area contributed by atoms with Gasteiger partial charge in [-0.05, 0) is 48.2 Å². The maximum atomic E-state index is 11.7. The lowest BCUT2D eigenvalue weighted by Crippen LogP contribution is -1.99. The molecule has 0 saturated carbocycles. The highest BCUT2D eigenvalue weighted by atomic mass is 35.5. The van der Waals surface area contributed by atoms with Crippen LogP contribution in [-0.4, -0.2) is 32.9 Å². The van der Waals surface area contributed by atoms with Crippen molar-refractivity contribution in [1.82, 2.24) is 15.2 Å². The van der Waals surface area contributed by atoms with Gasteiger partial charge in [0.25, 0.3) is 0 Å². The Morgan fingerprint density at radius 1 is 1.25 bits per heavy atom. The molecule has 0 atom stereocenters. The molecule has 0 aliphatic heterocycles. The number of aromatic nitrogens is 3. The molecule has 0 spiro atoms. The molecular weight excluding hydrogens is 398 g/mol. The third-order valence-electron chi connectivity index (χ3n) is 3.56. The van der Waals surface area contributed by atoms with Gasteiger partial charge in [-0.25, -0.2) is 9.78 Å². The fraction of sp³-hybridized carbons (Fsp3) is 0.0500. The Hall–Kier alpha value is -3.03. The van der Waals surface area contributed by atoms with E-state index in [0.717, 1.165) is 17.3 Å². The van der Waals surface area contributed by atoms with Crippen molar-refractivity contribution < 1.29 is 14.6 Å². The number of rotatable bonds is 8. The van der Waals surface area contributed by atoms with Crippen LogP contribution in [0.2, 0.25) is 5.02 Å². The second-order valence-corrected chi connectivity index (χ2v) is 6.97. The highest BCUT2D eigenvalue weighted by molar-refractivity contribution is 8.04. The van der Waals surface area contributed by atoms with Gasteiger partial charge in [0.15, 0.2) is 5.82 Å². The number of aromatic amines is 1. The zero-order valence-electron chi connectivity index (χ0n) is 14.6. The number of nitrogens with zero attached hydrogens (tertiary/aromatic N) is 2. The van der Waals surface area contributed by atoms with Gasteiger partial charge in [-0.3, -0.25) is 5.10 Å². The van der Waals surface area contributed by atoms with E-state index in [2.05, 4.69) is 21.8 Å². The second-order valence-electron chi connectivity index (χ2n) is 5.53. The number of carboxylic acid groups (broad SMARTS) is 1. The third-order valence-corrected chi connectivity index (χ3v) is 4.69. The molecule has 0 fully saturated rings. The average molecular weight is 414 g/mol. The molecule has 2 aromatic carbocycles. The molecule has 1 aromatic heterocycles. The van der Waals surface area contributed by atoms with E-state index in [0.29, 0.717) is 33.9 Å². The largest absolute Gasteiger partial charge is 0.489 e. The zero-order valence-corrected chi connectivity index (χ0v) is 16.2. The summed E-state index contributed by atoms with van der Waals surface area (Å²) in [5.74, 6) is 0.0126. The van der Waals surface area contributed by atoms with E-state index in [1.807, 2.05) is 12.1 Å². The van der Waals surface area contributed by atoms with Crippen LogP contribution in [0.25, 0.3) is 17.5 Å².